The molecule has 0 atom stereocenters. The summed E-state index contributed by atoms with van der Waals surface area (Å²) in [7, 11) is 0. The third-order valence-electron chi connectivity index (χ3n) is 8.18. The third-order valence-corrected chi connectivity index (χ3v) is 8.18. The number of carbonyl (C=O) groups is 2. The van der Waals surface area contributed by atoms with Crippen molar-refractivity contribution in [3.05, 3.63) is 58.7 Å². The summed E-state index contributed by atoms with van der Waals surface area (Å²) in [4.78, 5) is 29.4. The summed E-state index contributed by atoms with van der Waals surface area (Å²) >= 11 is 0. The van der Waals surface area contributed by atoms with Crippen molar-refractivity contribution in [3.63, 3.8) is 0 Å². The van der Waals surface area contributed by atoms with Gasteiger partial charge in [-0.1, -0.05) is 52.0 Å². The van der Waals surface area contributed by atoms with E-state index in [0.29, 0.717) is 12.0 Å². The second kappa shape index (κ2) is 12.1. The van der Waals surface area contributed by atoms with Crippen LogP contribution in [0.25, 0.3) is 33.0 Å². The fraction of sp³-hybridized carbons (Fsp3) is 0.438. The fourth-order valence-electron chi connectivity index (χ4n) is 6.12. The van der Waals surface area contributed by atoms with Crippen LogP contribution in [0.15, 0.2) is 36.4 Å². The molecule has 202 valence electrons. The first-order valence-electron chi connectivity index (χ1n) is 14.0. The number of nitrogens with zero attached hydrogens (tertiary/aromatic N) is 2. The molecule has 1 aliphatic rings. The molecule has 0 saturated heterocycles. The summed E-state index contributed by atoms with van der Waals surface area (Å²) < 4.78 is 0. The SMILES string of the molecule is CCN(CC)CCCc1c(CCCN(CC)CC)c2c3c(cccc3c1C(=O)O)-c1cc(C(=O)O)ccc1-2. The molecular formula is C32H40N2O4. The molecule has 0 amide bonds. The molecule has 4 rings (SSSR count). The molecule has 0 bridgehead atoms. The lowest BCUT2D eigenvalue weighted by atomic mass is 9.84. The number of fused-ring (bicyclic) bond motifs is 3. The van der Waals surface area contributed by atoms with Crippen LogP contribution < -0.4 is 0 Å². The monoisotopic (exact) mass is 516 g/mol. The van der Waals surface area contributed by atoms with E-state index < -0.39 is 11.9 Å². The Bertz CT molecular complexity index is 1340. The van der Waals surface area contributed by atoms with Gasteiger partial charge < -0.3 is 20.0 Å². The van der Waals surface area contributed by atoms with E-state index in [4.69, 9.17) is 0 Å². The van der Waals surface area contributed by atoms with E-state index >= 15 is 0 Å². The van der Waals surface area contributed by atoms with E-state index in [2.05, 4.69) is 37.5 Å². The highest BCUT2D eigenvalue weighted by atomic mass is 16.4. The second-order valence-electron chi connectivity index (χ2n) is 10.1. The smallest absolute Gasteiger partial charge is 0.336 e. The number of carboxylic acids is 2. The van der Waals surface area contributed by atoms with Crippen molar-refractivity contribution in [2.24, 2.45) is 0 Å². The van der Waals surface area contributed by atoms with Gasteiger partial charge in [-0.05, 0) is 121 Å². The fourth-order valence-corrected chi connectivity index (χ4v) is 6.12. The minimum Gasteiger partial charge on any atom is -0.478 e. The first kappa shape index (κ1) is 27.8. The molecular weight excluding hydrogens is 476 g/mol. The first-order chi connectivity index (χ1) is 18.4. The lowest BCUT2D eigenvalue weighted by Gasteiger charge is -2.23. The van der Waals surface area contributed by atoms with Gasteiger partial charge in [0.25, 0.3) is 0 Å². The summed E-state index contributed by atoms with van der Waals surface area (Å²) in [5.74, 6) is -1.85. The van der Waals surface area contributed by atoms with Crippen LogP contribution in [0.3, 0.4) is 0 Å². The van der Waals surface area contributed by atoms with Gasteiger partial charge in [0, 0.05) is 0 Å². The molecule has 6 heteroatoms. The van der Waals surface area contributed by atoms with Crippen molar-refractivity contribution in [1.82, 2.24) is 9.80 Å². The zero-order valence-electron chi connectivity index (χ0n) is 23.1. The van der Waals surface area contributed by atoms with E-state index in [0.717, 1.165) is 103 Å². The predicted octanol–water partition coefficient (Wildman–Crippen LogP) is 6.43. The van der Waals surface area contributed by atoms with Gasteiger partial charge >= 0.3 is 11.9 Å². The van der Waals surface area contributed by atoms with Crippen LogP contribution in [0, 0.1) is 0 Å². The second-order valence-corrected chi connectivity index (χ2v) is 10.1. The molecule has 3 aromatic carbocycles. The van der Waals surface area contributed by atoms with Gasteiger partial charge in [0.1, 0.15) is 0 Å². The number of hydrogen-bond acceptors (Lipinski definition) is 4. The highest BCUT2D eigenvalue weighted by molar-refractivity contribution is 6.21. The molecule has 0 fully saturated rings. The van der Waals surface area contributed by atoms with Gasteiger partial charge in [-0.15, -0.1) is 0 Å². The highest BCUT2D eigenvalue weighted by Gasteiger charge is 2.31. The maximum absolute atomic E-state index is 12.8. The average Bonchev–Trinajstić information content (AvgIpc) is 3.25. The third kappa shape index (κ3) is 5.20. The van der Waals surface area contributed by atoms with E-state index in [1.54, 1.807) is 12.1 Å². The number of rotatable bonds is 14. The van der Waals surface area contributed by atoms with Crippen molar-refractivity contribution >= 4 is 22.7 Å². The van der Waals surface area contributed by atoms with E-state index in [1.807, 2.05) is 24.3 Å². The van der Waals surface area contributed by atoms with Gasteiger partial charge in [-0.3, -0.25) is 0 Å². The van der Waals surface area contributed by atoms with Gasteiger partial charge in [-0.2, -0.15) is 0 Å². The summed E-state index contributed by atoms with van der Waals surface area (Å²) in [6, 6.07) is 11.1. The summed E-state index contributed by atoms with van der Waals surface area (Å²) in [5.41, 5.74) is 6.65. The molecule has 0 saturated carbocycles. The maximum atomic E-state index is 12.8. The van der Waals surface area contributed by atoms with Crippen LogP contribution in [0.4, 0.5) is 0 Å². The van der Waals surface area contributed by atoms with Gasteiger partial charge in [0.05, 0.1) is 11.1 Å². The number of aromatic carboxylic acids is 2. The molecule has 6 nitrogen and oxygen atoms in total. The normalized spacial score (nSPS) is 12.1. The molecule has 38 heavy (non-hydrogen) atoms. The van der Waals surface area contributed by atoms with E-state index in [9.17, 15) is 19.8 Å². The van der Waals surface area contributed by atoms with Crippen LogP contribution in [-0.4, -0.2) is 71.2 Å². The van der Waals surface area contributed by atoms with Crippen LogP contribution in [0.1, 0.15) is 72.4 Å². The summed E-state index contributed by atoms with van der Waals surface area (Å²) in [6.45, 7) is 14.5. The maximum Gasteiger partial charge on any atom is 0.336 e. The van der Waals surface area contributed by atoms with Crippen LogP contribution in [0.2, 0.25) is 0 Å². The molecule has 0 aliphatic heterocycles. The van der Waals surface area contributed by atoms with Gasteiger partial charge in [-0.25, -0.2) is 9.59 Å². The summed E-state index contributed by atoms with van der Waals surface area (Å²) in [5, 5.41) is 21.9. The van der Waals surface area contributed by atoms with E-state index in [1.165, 1.54) is 0 Å². The Labute approximate surface area is 225 Å². The van der Waals surface area contributed by atoms with Crippen LogP contribution in [-0.2, 0) is 12.8 Å². The van der Waals surface area contributed by atoms with Crippen molar-refractivity contribution in [2.75, 3.05) is 39.3 Å². The van der Waals surface area contributed by atoms with Crippen molar-refractivity contribution < 1.29 is 19.8 Å². The Balaban J connectivity index is 1.92. The Morgan fingerprint density at radius 1 is 0.711 bits per heavy atom. The predicted molar refractivity (Wildman–Crippen MR) is 155 cm³/mol. The minimum absolute atomic E-state index is 0.245. The standard InChI is InChI=1S/C32H40N2O4/c1-5-33(6-2)18-10-14-22-23(15-11-19-34(7-3)8-4)30(32(37)38)26-13-9-12-24-27-20-21(31(35)36)16-17-25(27)28(22)29(24)26/h9,12-13,16-17,20H,5-8,10-11,14-15,18-19H2,1-4H3,(H,35,36)(H,37,38). The number of benzene rings is 3. The molecule has 0 aromatic heterocycles. The lowest BCUT2D eigenvalue weighted by molar-refractivity contribution is 0.0686. The Morgan fingerprint density at radius 2 is 1.32 bits per heavy atom. The van der Waals surface area contributed by atoms with E-state index in [-0.39, 0.29) is 5.56 Å². The molecule has 3 aromatic rings. The quantitative estimate of drug-likeness (QED) is 0.201. The van der Waals surface area contributed by atoms with Gasteiger partial charge in [0.15, 0.2) is 0 Å². The molecule has 0 unspecified atom stereocenters. The molecule has 0 spiro atoms. The minimum atomic E-state index is -0.960. The van der Waals surface area contributed by atoms with Crippen LogP contribution >= 0.6 is 0 Å². The summed E-state index contributed by atoms with van der Waals surface area (Å²) in [6.07, 6.45) is 3.32. The lowest BCUT2D eigenvalue weighted by Crippen LogP contribution is -2.25. The van der Waals surface area contributed by atoms with Crippen molar-refractivity contribution in [1.29, 1.82) is 0 Å². The van der Waals surface area contributed by atoms with Crippen LogP contribution in [0.5, 0.6) is 0 Å². The zero-order valence-corrected chi connectivity index (χ0v) is 23.1. The van der Waals surface area contributed by atoms with Crippen molar-refractivity contribution in [3.8, 4) is 22.3 Å². The molecule has 0 radical (unpaired) electrons. The largest absolute Gasteiger partial charge is 0.478 e. The number of hydrogen-bond donors (Lipinski definition) is 2. The number of carboxylic acid groups (broad SMARTS) is 2. The molecule has 1 aliphatic carbocycles. The molecule has 0 heterocycles. The molecule has 2 N–H and O–H groups in total. The van der Waals surface area contributed by atoms with Gasteiger partial charge in [0.2, 0.25) is 0 Å². The zero-order chi connectivity index (χ0) is 27.4. The Morgan fingerprint density at radius 3 is 1.87 bits per heavy atom. The Hall–Kier alpha value is -3.22. The first-order valence-corrected chi connectivity index (χ1v) is 14.0. The van der Waals surface area contributed by atoms with Crippen molar-refractivity contribution in [2.45, 2.75) is 53.4 Å². The Kier molecular flexibility index (Phi) is 8.85. The average molecular weight is 517 g/mol. The highest BCUT2D eigenvalue weighted by Crippen LogP contribution is 2.51. The topological polar surface area (TPSA) is 81.1 Å².